The Kier molecular flexibility index (Phi) is 5.21. The molecule has 0 amide bonds. The van der Waals surface area contributed by atoms with Crippen LogP contribution in [0.5, 0.6) is 0 Å². The monoisotopic (exact) mass is 454 g/mol. The molecule has 0 unspecified atom stereocenters. The Labute approximate surface area is 194 Å². The van der Waals surface area contributed by atoms with Gasteiger partial charge in [0.1, 0.15) is 0 Å². The molecule has 2 aromatic heterocycles. The van der Waals surface area contributed by atoms with E-state index in [2.05, 4.69) is 49.2 Å². The first-order valence-electron chi connectivity index (χ1n) is 10.8. The zero-order valence-corrected chi connectivity index (χ0v) is 18.6. The number of benzene rings is 3. The summed E-state index contributed by atoms with van der Waals surface area (Å²) in [5.41, 5.74) is 3.72. The van der Waals surface area contributed by atoms with E-state index in [-0.39, 0.29) is 17.5 Å². The van der Waals surface area contributed by atoms with Gasteiger partial charge in [-0.25, -0.2) is 9.59 Å². The highest BCUT2D eigenvalue weighted by Gasteiger charge is 2.12. The SMILES string of the molecule is CCn1c2ccccc2c2cc(Nc3nc(Nc4ccc(C)c(C(=O)O)c4)nc(=O)[nH]3)ccc21. The summed E-state index contributed by atoms with van der Waals surface area (Å²) in [6.07, 6.45) is 0. The van der Waals surface area contributed by atoms with Gasteiger partial charge in [0.15, 0.2) is 0 Å². The normalized spacial score (nSPS) is 11.1. The molecule has 0 atom stereocenters. The van der Waals surface area contributed by atoms with Gasteiger partial charge in [-0.2, -0.15) is 9.97 Å². The number of anilines is 4. The zero-order chi connectivity index (χ0) is 23.8. The second kappa shape index (κ2) is 8.36. The van der Waals surface area contributed by atoms with Crippen molar-refractivity contribution in [3.8, 4) is 0 Å². The van der Waals surface area contributed by atoms with Crippen LogP contribution in [0.3, 0.4) is 0 Å². The molecule has 9 nitrogen and oxygen atoms in total. The molecular weight excluding hydrogens is 432 g/mol. The van der Waals surface area contributed by atoms with E-state index in [1.807, 2.05) is 30.3 Å². The van der Waals surface area contributed by atoms with Gasteiger partial charge in [-0.1, -0.05) is 24.3 Å². The summed E-state index contributed by atoms with van der Waals surface area (Å²) in [7, 11) is 0. The molecule has 0 spiro atoms. The third kappa shape index (κ3) is 3.83. The van der Waals surface area contributed by atoms with Crippen molar-refractivity contribution in [2.24, 2.45) is 0 Å². The number of aromatic amines is 1. The van der Waals surface area contributed by atoms with Gasteiger partial charge >= 0.3 is 11.7 Å². The second-order valence-electron chi connectivity index (χ2n) is 7.90. The molecule has 2 heterocycles. The average molecular weight is 454 g/mol. The lowest BCUT2D eigenvalue weighted by Gasteiger charge is -2.10. The predicted molar refractivity (Wildman–Crippen MR) is 132 cm³/mol. The molecule has 34 heavy (non-hydrogen) atoms. The fourth-order valence-electron chi connectivity index (χ4n) is 4.17. The van der Waals surface area contributed by atoms with E-state index in [1.54, 1.807) is 19.1 Å². The lowest BCUT2D eigenvalue weighted by Crippen LogP contribution is -2.16. The quantitative estimate of drug-likeness (QED) is 0.291. The van der Waals surface area contributed by atoms with Crippen LogP contribution in [-0.2, 0) is 6.54 Å². The summed E-state index contributed by atoms with van der Waals surface area (Å²) < 4.78 is 2.26. The summed E-state index contributed by atoms with van der Waals surface area (Å²) in [5.74, 6) is -0.767. The van der Waals surface area contributed by atoms with E-state index in [1.165, 1.54) is 6.07 Å². The first-order valence-corrected chi connectivity index (χ1v) is 10.8. The molecular formula is C25H22N6O3. The summed E-state index contributed by atoms with van der Waals surface area (Å²) in [5, 5.41) is 17.6. The van der Waals surface area contributed by atoms with Gasteiger partial charge in [0.2, 0.25) is 11.9 Å². The summed E-state index contributed by atoms with van der Waals surface area (Å²) in [6.45, 7) is 4.69. The number of fused-ring (bicyclic) bond motifs is 3. The molecule has 0 radical (unpaired) electrons. The van der Waals surface area contributed by atoms with Crippen molar-refractivity contribution in [2.75, 3.05) is 10.6 Å². The van der Waals surface area contributed by atoms with Crippen LogP contribution in [0, 0.1) is 6.92 Å². The van der Waals surface area contributed by atoms with Gasteiger partial charge in [-0.3, -0.25) is 4.98 Å². The van der Waals surface area contributed by atoms with E-state index in [4.69, 9.17) is 0 Å². The minimum absolute atomic E-state index is 0.0510. The van der Waals surface area contributed by atoms with Crippen LogP contribution < -0.4 is 16.3 Å². The van der Waals surface area contributed by atoms with Crippen LogP contribution in [0.15, 0.2) is 65.5 Å². The largest absolute Gasteiger partial charge is 0.478 e. The number of para-hydroxylation sites is 1. The molecule has 0 bridgehead atoms. The number of aromatic nitrogens is 4. The molecule has 3 aromatic carbocycles. The maximum atomic E-state index is 12.2. The van der Waals surface area contributed by atoms with Crippen LogP contribution in [-0.4, -0.2) is 30.6 Å². The van der Waals surface area contributed by atoms with Crippen LogP contribution in [0.25, 0.3) is 21.8 Å². The first-order chi connectivity index (χ1) is 16.4. The van der Waals surface area contributed by atoms with Crippen LogP contribution in [0.1, 0.15) is 22.8 Å². The third-order valence-electron chi connectivity index (χ3n) is 5.73. The molecule has 0 aliphatic carbocycles. The summed E-state index contributed by atoms with van der Waals surface area (Å²) >= 11 is 0. The number of nitrogens with one attached hydrogen (secondary N) is 3. The number of aryl methyl sites for hydroxylation is 2. The highest BCUT2D eigenvalue weighted by atomic mass is 16.4. The number of carboxylic acid groups (broad SMARTS) is 1. The second-order valence-corrected chi connectivity index (χ2v) is 7.90. The van der Waals surface area contributed by atoms with Crippen LogP contribution >= 0.6 is 0 Å². The van der Waals surface area contributed by atoms with E-state index < -0.39 is 11.7 Å². The number of aromatic carboxylic acids is 1. The van der Waals surface area contributed by atoms with Crippen molar-refractivity contribution in [1.29, 1.82) is 0 Å². The number of H-pyrrole nitrogens is 1. The Morgan fingerprint density at radius 1 is 0.971 bits per heavy atom. The molecule has 0 aliphatic heterocycles. The van der Waals surface area contributed by atoms with E-state index >= 15 is 0 Å². The highest BCUT2D eigenvalue weighted by molar-refractivity contribution is 6.09. The molecule has 170 valence electrons. The topological polar surface area (TPSA) is 125 Å². The maximum Gasteiger partial charge on any atom is 0.351 e. The average Bonchev–Trinajstić information content (AvgIpc) is 3.13. The van der Waals surface area contributed by atoms with Gasteiger partial charge in [-0.05, 0) is 55.8 Å². The zero-order valence-electron chi connectivity index (χ0n) is 18.6. The van der Waals surface area contributed by atoms with Gasteiger partial charge in [-0.15, -0.1) is 0 Å². The van der Waals surface area contributed by atoms with E-state index in [9.17, 15) is 14.7 Å². The Morgan fingerprint density at radius 3 is 2.50 bits per heavy atom. The smallest absolute Gasteiger partial charge is 0.351 e. The highest BCUT2D eigenvalue weighted by Crippen LogP contribution is 2.31. The predicted octanol–water partition coefficient (Wildman–Crippen LogP) is 4.79. The van der Waals surface area contributed by atoms with Crippen LogP contribution in [0.2, 0.25) is 0 Å². The summed E-state index contributed by atoms with van der Waals surface area (Å²) in [4.78, 5) is 34.4. The lowest BCUT2D eigenvalue weighted by molar-refractivity contribution is 0.0696. The number of carboxylic acids is 1. The Morgan fingerprint density at radius 2 is 1.71 bits per heavy atom. The minimum atomic E-state index is -1.03. The molecule has 0 saturated heterocycles. The molecule has 0 fully saturated rings. The van der Waals surface area contributed by atoms with Crippen molar-refractivity contribution < 1.29 is 9.90 Å². The number of hydrogen-bond acceptors (Lipinski definition) is 6. The van der Waals surface area contributed by atoms with Crippen molar-refractivity contribution in [2.45, 2.75) is 20.4 Å². The summed E-state index contributed by atoms with van der Waals surface area (Å²) in [6, 6.07) is 19.1. The Balaban J connectivity index is 1.48. The number of nitrogens with zero attached hydrogens (tertiary/aromatic N) is 3. The minimum Gasteiger partial charge on any atom is -0.478 e. The fourth-order valence-corrected chi connectivity index (χ4v) is 4.17. The van der Waals surface area contributed by atoms with Crippen molar-refractivity contribution in [3.63, 3.8) is 0 Å². The molecule has 0 saturated carbocycles. The molecule has 4 N–H and O–H groups in total. The van der Waals surface area contributed by atoms with Gasteiger partial charge in [0, 0.05) is 39.7 Å². The number of carbonyl (C=O) groups is 1. The van der Waals surface area contributed by atoms with Crippen molar-refractivity contribution >= 4 is 51.0 Å². The van der Waals surface area contributed by atoms with Crippen LogP contribution in [0.4, 0.5) is 23.3 Å². The van der Waals surface area contributed by atoms with E-state index in [0.717, 1.165) is 34.0 Å². The molecule has 9 heteroatoms. The lowest BCUT2D eigenvalue weighted by atomic mass is 10.1. The van der Waals surface area contributed by atoms with Gasteiger partial charge in [0.25, 0.3) is 0 Å². The standard InChI is InChI=1S/C25H22N6O3/c1-3-31-20-7-5-4-6-17(20)19-13-16(10-11-21(19)31)27-24-28-23(29-25(34)30-24)26-15-9-8-14(2)18(12-15)22(32)33/h4-13H,3H2,1-2H3,(H,32,33)(H3,26,27,28,29,30,34). The Hall–Kier alpha value is -4.66. The molecule has 0 aliphatic rings. The van der Waals surface area contributed by atoms with Gasteiger partial charge in [0.05, 0.1) is 5.56 Å². The number of rotatable bonds is 6. The maximum absolute atomic E-state index is 12.2. The molecule has 5 aromatic rings. The Bertz CT molecular complexity index is 1620. The van der Waals surface area contributed by atoms with E-state index in [0.29, 0.717) is 11.3 Å². The fraction of sp³-hybridized carbons (Fsp3) is 0.120. The number of hydrogen-bond donors (Lipinski definition) is 4. The van der Waals surface area contributed by atoms with Gasteiger partial charge < -0.3 is 20.3 Å². The molecule has 5 rings (SSSR count). The first kappa shape index (κ1) is 21.2. The van der Waals surface area contributed by atoms with Crippen molar-refractivity contribution in [1.82, 2.24) is 19.5 Å². The van der Waals surface area contributed by atoms with Crippen molar-refractivity contribution in [3.05, 3.63) is 82.3 Å². The third-order valence-corrected chi connectivity index (χ3v) is 5.73.